The van der Waals surface area contributed by atoms with E-state index in [9.17, 15) is 9.90 Å². The second kappa shape index (κ2) is 6.72. The van der Waals surface area contributed by atoms with Crippen LogP contribution in [-0.2, 0) is 6.54 Å². The summed E-state index contributed by atoms with van der Waals surface area (Å²) in [6, 6.07) is 11.1. The number of carboxylic acids is 1. The summed E-state index contributed by atoms with van der Waals surface area (Å²) in [5, 5.41) is 9.35. The maximum absolute atomic E-state index is 11.4. The third-order valence-corrected chi connectivity index (χ3v) is 3.70. The summed E-state index contributed by atoms with van der Waals surface area (Å²) in [5.74, 6) is -0.923. The first-order chi connectivity index (χ1) is 10.0. The van der Waals surface area contributed by atoms with Gasteiger partial charge in [0.15, 0.2) is 0 Å². The monoisotopic (exact) mass is 348 g/mol. The van der Waals surface area contributed by atoms with Crippen LogP contribution in [0, 0.1) is 6.92 Å². The van der Waals surface area contributed by atoms with Gasteiger partial charge >= 0.3 is 5.97 Å². The van der Waals surface area contributed by atoms with Crippen LogP contribution in [0.4, 0.5) is 5.69 Å². The number of aromatic nitrogens is 1. The van der Waals surface area contributed by atoms with E-state index in [1.54, 1.807) is 12.1 Å². The molecule has 0 aliphatic carbocycles. The zero-order valence-corrected chi connectivity index (χ0v) is 13.6. The Balaban J connectivity index is 2.37. The van der Waals surface area contributed by atoms with Crippen LogP contribution in [0.15, 0.2) is 40.9 Å². The summed E-state index contributed by atoms with van der Waals surface area (Å²) in [6.07, 6.45) is 0. The summed E-state index contributed by atoms with van der Waals surface area (Å²) < 4.78 is 0.859. The molecule has 2 rings (SSSR count). The van der Waals surface area contributed by atoms with Gasteiger partial charge in [-0.1, -0.05) is 22.0 Å². The summed E-state index contributed by atoms with van der Waals surface area (Å²) in [6.45, 7) is 5.23. The second-order valence-electron chi connectivity index (χ2n) is 4.75. The lowest BCUT2D eigenvalue weighted by atomic mass is 10.1. The van der Waals surface area contributed by atoms with E-state index in [1.807, 2.05) is 43.0 Å². The molecule has 0 unspecified atom stereocenters. The van der Waals surface area contributed by atoms with Crippen LogP contribution >= 0.6 is 15.9 Å². The average Bonchev–Trinajstić information content (AvgIpc) is 2.44. The summed E-state index contributed by atoms with van der Waals surface area (Å²) >= 11 is 3.40. The molecule has 5 heteroatoms. The minimum Gasteiger partial charge on any atom is -0.478 e. The molecule has 1 aromatic heterocycles. The molecule has 0 bridgehead atoms. The number of pyridine rings is 1. The van der Waals surface area contributed by atoms with Crippen molar-refractivity contribution in [3.63, 3.8) is 0 Å². The van der Waals surface area contributed by atoms with Crippen LogP contribution in [0.25, 0.3) is 0 Å². The molecule has 1 N–H and O–H groups in total. The molecule has 0 fully saturated rings. The van der Waals surface area contributed by atoms with E-state index in [-0.39, 0.29) is 0 Å². The Bertz CT molecular complexity index is 658. The number of hydrogen-bond donors (Lipinski definition) is 1. The predicted octanol–water partition coefficient (Wildman–Crippen LogP) is 3.88. The third kappa shape index (κ3) is 3.82. The fourth-order valence-corrected chi connectivity index (χ4v) is 2.55. The number of aryl methyl sites for hydroxylation is 1. The van der Waals surface area contributed by atoms with Crippen molar-refractivity contribution in [1.29, 1.82) is 0 Å². The number of hydrogen-bond acceptors (Lipinski definition) is 3. The van der Waals surface area contributed by atoms with E-state index in [2.05, 4.69) is 20.9 Å². The number of carboxylic acid groups (broad SMARTS) is 1. The van der Waals surface area contributed by atoms with Crippen molar-refractivity contribution in [2.24, 2.45) is 0 Å². The highest BCUT2D eigenvalue weighted by Crippen LogP contribution is 2.26. The van der Waals surface area contributed by atoms with E-state index in [0.29, 0.717) is 24.3 Å². The van der Waals surface area contributed by atoms with E-state index in [4.69, 9.17) is 0 Å². The Hall–Kier alpha value is -1.88. The molecule has 0 amide bonds. The SMILES string of the molecule is CCN(Cc1cccc(C)n1)c1cc(Br)ccc1C(=O)O. The van der Waals surface area contributed by atoms with Crippen LogP contribution in [-0.4, -0.2) is 22.6 Å². The largest absolute Gasteiger partial charge is 0.478 e. The van der Waals surface area contributed by atoms with Gasteiger partial charge in [0, 0.05) is 16.7 Å². The molecule has 0 saturated carbocycles. The Labute approximate surface area is 132 Å². The quantitative estimate of drug-likeness (QED) is 0.890. The first-order valence-corrected chi connectivity index (χ1v) is 7.51. The molecule has 110 valence electrons. The minimum atomic E-state index is -0.923. The van der Waals surface area contributed by atoms with Crippen molar-refractivity contribution >= 4 is 27.6 Å². The molecule has 2 aromatic rings. The normalized spacial score (nSPS) is 10.4. The van der Waals surface area contributed by atoms with Gasteiger partial charge in [-0.3, -0.25) is 4.98 Å². The Kier molecular flexibility index (Phi) is 4.96. The fraction of sp³-hybridized carbons (Fsp3) is 0.250. The topological polar surface area (TPSA) is 53.4 Å². The fourth-order valence-electron chi connectivity index (χ4n) is 2.20. The summed E-state index contributed by atoms with van der Waals surface area (Å²) in [4.78, 5) is 17.9. The van der Waals surface area contributed by atoms with Crippen molar-refractivity contribution < 1.29 is 9.90 Å². The second-order valence-corrected chi connectivity index (χ2v) is 5.67. The number of halogens is 1. The molecule has 0 saturated heterocycles. The highest BCUT2D eigenvalue weighted by Gasteiger charge is 2.16. The third-order valence-electron chi connectivity index (χ3n) is 3.21. The molecule has 0 aliphatic heterocycles. The van der Waals surface area contributed by atoms with E-state index in [1.165, 1.54) is 0 Å². The maximum Gasteiger partial charge on any atom is 0.337 e. The van der Waals surface area contributed by atoms with Gasteiger partial charge in [0.05, 0.1) is 23.5 Å². The molecule has 0 spiro atoms. The molecule has 21 heavy (non-hydrogen) atoms. The van der Waals surface area contributed by atoms with Crippen LogP contribution in [0.2, 0.25) is 0 Å². The van der Waals surface area contributed by atoms with E-state index < -0.39 is 5.97 Å². The standard InChI is InChI=1S/C16H17BrN2O2/c1-3-19(10-13-6-4-5-11(2)18-13)15-9-12(17)7-8-14(15)16(20)21/h4-9H,3,10H2,1-2H3,(H,20,21). The van der Waals surface area contributed by atoms with Gasteiger partial charge in [-0.25, -0.2) is 4.79 Å². The highest BCUT2D eigenvalue weighted by atomic mass is 79.9. The van der Waals surface area contributed by atoms with Crippen molar-refractivity contribution in [3.8, 4) is 0 Å². The zero-order chi connectivity index (χ0) is 15.4. The van der Waals surface area contributed by atoms with Crippen LogP contribution in [0.5, 0.6) is 0 Å². The van der Waals surface area contributed by atoms with Gasteiger partial charge in [-0.15, -0.1) is 0 Å². The Morgan fingerprint density at radius 3 is 2.71 bits per heavy atom. The number of rotatable bonds is 5. The molecular formula is C16H17BrN2O2. The first-order valence-electron chi connectivity index (χ1n) is 6.71. The smallest absolute Gasteiger partial charge is 0.337 e. The lowest BCUT2D eigenvalue weighted by molar-refractivity contribution is 0.0697. The molecule has 0 radical (unpaired) electrons. The van der Waals surface area contributed by atoms with Gasteiger partial charge in [0.25, 0.3) is 0 Å². The van der Waals surface area contributed by atoms with Gasteiger partial charge in [-0.2, -0.15) is 0 Å². The Morgan fingerprint density at radius 2 is 2.10 bits per heavy atom. The van der Waals surface area contributed by atoms with Gasteiger partial charge in [-0.05, 0) is 44.2 Å². The molecule has 1 heterocycles. The number of carbonyl (C=O) groups is 1. The lowest BCUT2D eigenvalue weighted by Gasteiger charge is -2.24. The highest BCUT2D eigenvalue weighted by molar-refractivity contribution is 9.10. The number of anilines is 1. The summed E-state index contributed by atoms with van der Waals surface area (Å²) in [7, 11) is 0. The predicted molar refractivity (Wildman–Crippen MR) is 86.8 cm³/mol. The van der Waals surface area contributed by atoms with Gasteiger partial charge < -0.3 is 10.0 Å². The van der Waals surface area contributed by atoms with Crippen molar-refractivity contribution in [2.45, 2.75) is 20.4 Å². The molecule has 4 nitrogen and oxygen atoms in total. The van der Waals surface area contributed by atoms with Crippen molar-refractivity contribution in [3.05, 3.63) is 57.8 Å². The van der Waals surface area contributed by atoms with E-state index >= 15 is 0 Å². The zero-order valence-electron chi connectivity index (χ0n) is 12.0. The van der Waals surface area contributed by atoms with Crippen LogP contribution in [0.3, 0.4) is 0 Å². The molecule has 0 atom stereocenters. The number of nitrogens with zero attached hydrogens (tertiary/aromatic N) is 2. The van der Waals surface area contributed by atoms with Gasteiger partial charge in [0.2, 0.25) is 0 Å². The van der Waals surface area contributed by atoms with Crippen molar-refractivity contribution in [1.82, 2.24) is 4.98 Å². The first kappa shape index (κ1) is 15.5. The Morgan fingerprint density at radius 1 is 1.33 bits per heavy atom. The molecule has 0 aliphatic rings. The number of aromatic carboxylic acids is 1. The molecule has 1 aromatic carbocycles. The number of benzene rings is 1. The lowest BCUT2D eigenvalue weighted by Crippen LogP contribution is -2.25. The summed E-state index contributed by atoms with van der Waals surface area (Å²) in [5.41, 5.74) is 2.87. The van der Waals surface area contributed by atoms with Crippen LogP contribution in [0.1, 0.15) is 28.7 Å². The average molecular weight is 349 g/mol. The van der Waals surface area contributed by atoms with Crippen LogP contribution < -0.4 is 4.90 Å². The molecular weight excluding hydrogens is 332 g/mol. The van der Waals surface area contributed by atoms with Gasteiger partial charge in [0.1, 0.15) is 0 Å². The minimum absolute atomic E-state index is 0.299. The van der Waals surface area contributed by atoms with E-state index in [0.717, 1.165) is 15.9 Å². The maximum atomic E-state index is 11.4. The van der Waals surface area contributed by atoms with Crippen molar-refractivity contribution in [2.75, 3.05) is 11.4 Å².